The van der Waals surface area contributed by atoms with E-state index in [0.29, 0.717) is 5.92 Å². The predicted molar refractivity (Wildman–Crippen MR) is 78.3 cm³/mol. The van der Waals surface area contributed by atoms with Crippen LogP contribution in [-0.4, -0.2) is 31.7 Å². The van der Waals surface area contributed by atoms with Gasteiger partial charge >= 0.3 is 0 Å². The van der Waals surface area contributed by atoms with Crippen molar-refractivity contribution in [2.24, 2.45) is 0 Å². The topological polar surface area (TPSA) is 0 Å². The second-order valence-electron chi connectivity index (χ2n) is 5.29. The molecule has 98 valence electrons. The standard InChI is InChI=1S/C10H14.C6H16N/c1-3-9(2)10-7-5-4-6-8-10;1-5-7(3,4)6-2/h4-9H,3H2,1-2H3;5-6H2,1-4H3/q;+1. The van der Waals surface area contributed by atoms with E-state index in [0.717, 1.165) is 4.48 Å². The molecular weight excluding hydrogens is 206 g/mol. The normalized spacial score (nSPS) is 12.6. The minimum absolute atomic E-state index is 0.709. The minimum Gasteiger partial charge on any atom is -0.329 e. The van der Waals surface area contributed by atoms with Crippen molar-refractivity contribution in [1.29, 1.82) is 0 Å². The van der Waals surface area contributed by atoms with Crippen LogP contribution in [0.5, 0.6) is 0 Å². The summed E-state index contributed by atoms with van der Waals surface area (Å²) >= 11 is 0. The third kappa shape index (κ3) is 7.17. The van der Waals surface area contributed by atoms with Gasteiger partial charge in [-0.15, -0.1) is 0 Å². The van der Waals surface area contributed by atoms with Crippen molar-refractivity contribution in [3.63, 3.8) is 0 Å². The monoisotopic (exact) mass is 236 g/mol. The molecule has 17 heavy (non-hydrogen) atoms. The van der Waals surface area contributed by atoms with E-state index in [1.165, 1.54) is 25.1 Å². The highest BCUT2D eigenvalue weighted by Crippen LogP contribution is 2.16. The summed E-state index contributed by atoms with van der Waals surface area (Å²) < 4.78 is 1.14. The SMILES string of the molecule is CCC(C)c1ccccc1.CC[N+](C)(C)CC. The van der Waals surface area contributed by atoms with Crippen LogP contribution in [0.4, 0.5) is 0 Å². The van der Waals surface area contributed by atoms with E-state index in [1.807, 2.05) is 0 Å². The van der Waals surface area contributed by atoms with Crippen molar-refractivity contribution in [2.45, 2.75) is 40.0 Å². The number of benzene rings is 1. The Balaban J connectivity index is 0.000000325. The molecule has 0 aromatic heterocycles. The molecule has 0 spiro atoms. The summed E-state index contributed by atoms with van der Waals surface area (Å²) in [7, 11) is 4.47. The average Bonchev–Trinajstić information content (AvgIpc) is 2.39. The Morgan fingerprint density at radius 2 is 1.41 bits per heavy atom. The Labute approximate surface area is 108 Å². The van der Waals surface area contributed by atoms with Crippen molar-refractivity contribution < 1.29 is 4.48 Å². The van der Waals surface area contributed by atoms with Crippen LogP contribution in [-0.2, 0) is 0 Å². The van der Waals surface area contributed by atoms with Crippen molar-refractivity contribution in [3.05, 3.63) is 35.9 Å². The molecular formula is C16H30N+. The summed E-state index contributed by atoms with van der Waals surface area (Å²) in [6.45, 7) is 11.4. The number of hydrogen-bond donors (Lipinski definition) is 0. The predicted octanol–water partition coefficient (Wildman–Crippen LogP) is 4.30. The zero-order chi connectivity index (χ0) is 13.3. The van der Waals surface area contributed by atoms with E-state index in [4.69, 9.17) is 0 Å². The number of nitrogens with zero attached hydrogens (tertiary/aromatic N) is 1. The molecule has 0 amide bonds. The van der Waals surface area contributed by atoms with Gasteiger partial charge in [-0.2, -0.15) is 0 Å². The first-order valence-corrected chi connectivity index (χ1v) is 6.83. The van der Waals surface area contributed by atoms with Crippen LogP contribution in [0.3, 0.4) is 0 Å². The Morgan fingerprint density at radius 3 is 1.71 bits per heavy atom. The lowest BCUT2D eigenvalue weighted by Gasteiger charge is -2.25. The van der Waals surface area contributed by atoms with Crippen LogP contribution in [0.2, 0.25) is 0 Å². The van der Waals surface area contributed by atoms with Gasteiger partial charge in [-0.1, -0.05) is 44.2 Å². The Hall–Kier alpha value is -0.820. The third-order valence-corrected chi connectivity index (χ3v) is 3.69. The largest absolute Gasteiger partial charge is 0.329 e. The van der Waals surface area contributed by atoms with Crippen molar-refractivity contribution in [3.8, 4) is 0 Å². The van der Waals surface area contributed by atoms with Gasteiger partial charge in [0.2, 0.25) is 0 Å². The number of hydrogen-bond acceptors (Lipinski definition) is 0. The molecule has 0 aliphatic carbocycles. The molecule has 0 fully saturated rings. The van der Waals surface area contributed by atoms with Gasteiger partial charge in [0.15, 0.2) is 0 Å². The van der Waals surface area contributed by atoms with Crippen molar-refractivity contribution in [1.82, 2.24) is 0 Å². The Bertz CT molecular complexity index is 271. The molecule has 0 heterocycles. The highest BCUT2D eigenvalue weighted by molar-refractivity contribution is 5.18. The van der Waals surface area contributed by atoms with Crippen LogP contribution >= 0.6 is 0 Å². The lowest BCUT2D eigenvalue weighted by Crippen LogP contribution is -2.38. The highest BCUT2D eigenvalue weighted by Gasteiger charge is 2.04. The average molecular weight is 236 g/mol. The van der Waals surface area contributed by atoms with E-state index in [2.05, 4.69) is 72.1 Å². The highest BCUT2D eigenvalue weighted by atomic mass is 15.3. The summed E-state index contributed by atoms with van der Waals surface area (Å²) in [5.74, 6) is 0.709. The van der Waals surface area contributed by atoms with Gasteiger partial charge in [-0.05, 0) is 31.7 Å². The molecule has 1 aromatic rings. The van der Waals surface area contributed by atoms with Crippen molar-refractivity contribution in [2.75, 3.05) is 27.2 Å². The first-order valence-electron chi connectivity index (χ1n) is 6.83. The van der Waals surface area contributed by atoms with Crippen LogP contribution in [0.1, 0.15) is 45.6 Å². The fourth-order valence-electron chi connectivity index (χ4n) is 1.24. The maximum absolute atomic E-state index is 2.26. The van der Waals surface area contributed by atoms with Gasteiger partial charge in [-0.25, -0.2) is 0 Å². The van der Waals surface area contributed by atoms with Gasteiger partial charge in [0.05, 0.1) is 27.2 Å². The van der Waals surface area contributed by atoms with Gasteiger partial charge < -0.3 is 4.48 Å². The van der Waals surface area contributed by atoms with E-state index in [9.17, 15) is 0 Å². The molecule has 1 rings (SSSR count). The second-order valence-corrected chi connectivity index (χ2v) is 5.29. The first kappa shape index (κ1) is 16.2. The van der Waals surface area contributed by atoms with Crippen LogP contribution in [0.25, 0.3) is 0 Å². The van der Waals surface area contributed by atoms with Crippen LogP contribution in [0, 0.1) is 0 Å². The maximum atomic E-state index is 2.26. The zero-order valence-corrected chi connectivity index (χ0v) is 12.5. The Kier molecular flexibility index (Phi) is 7.90. The van der Waals surface area contributed by atoms with Gasteiger partial charge in [0.25, 0.3) is 0 Å². The van der Waals surface area contributed by atoms with Gasteiger partial charge in [0, 0.05) is 0 Å². The summed E-state index contributed by atoms with van der Waals surface area (Å²) in [6, 6.07) is 10.6. The fraction of sp³-hybridized carbons (Fsp3) is 0.625. The molecule has 0 bridgehead atoms. The zero-order valence-electron chi connectivity index (χ0n) is 12.5. The van der Waals surface area contributed by atoms with E-state index in [1.54, 1.807) is 0 Å². The quantitative estimate of drug-likeness (QED) is 0.684. The van der Waals surface area contributed by atoms with Crippen molar-refractivity contribution >= 4 is 0 Å². The second kappa shape index (κ2) is 8.30. The molecule has 0 N–H and O–H groups in total. The maximum Gasteiger partial charge on any atom is 0.0753 e. The molecule has 1 unspecified atom stereocenters. The van der Waals surface area contributed by atoms with Gasteiger partial charge in [-0.3, -0.25) is 0 Å². The number of quaternary nitrogens is 1. The van der Waals surface area contributed by atoms with E-state index in [-0.39, 0.29) is 0 Å². The molecule has 1 heteroatoms. The van der Waals surface area contributed by atoms with E-state index < -0.39 is 0 Å². The fourth-order valence-corrected chi connectivity index (χ4v) is 1.24. The molecule has 0 aliphatic heterocycles. The first-order chi connectivity index (χ1) is 7.96. The van der Waals surface area contributed by atoms with Gasteiger partial charge in [0.1, 0.15) is 0 Å². The molecule has 0 saturated carbocycles. The lowest BCUT2D eigenvalue weighted by molar-refractivity contribution is -0.886. The smallest absolute Gasteiger partial charge is 0.0753 e. The minimum atomic E-state index is 0.709. The molecule has 1 aromatic carbocycles. The summed E-state index contributed by atoms with van der Waals surface area (Å²) in [5, 5.41) is 0. The summed E-state index contributed by atoms with van der Waals surface area (Å²) in [6.07, 6.45) is 1.23. The van der Waals surface area contributed by atoms with Crippen LogP contribution < -0.4 is 0 Å². The molecule has 1 atom stereocenters. The summed E-state index contributed by atoms with van der Waals surface area (Å²) in [5.41, 5.74) is 1.45. The Morgan fingerprint density at radius 1 is 0.941 bits per heavy atom. The number of rotatable bonds is 4. The molecule has 0 radical (unpaired) electrons. The molecule has 0 aliphatic rings. The van der Waals surface area contributed by atoms with Crippen LogP contribution in [0.15, 0.2) is 30.3 Å². The lowest BCUT2D eigenvalue weighted by atomic mass is 9.99. The molecule has 1 nitrogen and oxygen atoms in total. The summed E-state index contributed by atoms with van der Waals surface area (Å²) in [4.78, 5) is 0. The third-order valence-electron chi connectivity index (χ3n) is 3.69. The van der Waals surface area contributed by atoms with E-state index >= 15 is 0 Å². The molecule has 0 saturated heterocycles.